The molecule has 4 rings (SSSR count). The van der Waals surface area contributed by atoms with Gasteiger partial charge in [0.05, 0.1) is 18.0 Å². The standard InChI is InChI=1S/C22H18N4O4S2/c1-15-12-20(27)21(23-25(15)18-8-2-3-9-19(18)26(29)30)22(28)24(13-16-6-4-10-31-16)14-17-7-5-11-32-17/h2-12H,13-14H2,1H3. The average Bonchev–Trinajstić information content (AvgIpc) is 3.47. The Bertz CT molecular complexity index is 1280. The lowest BCUT2D eigenvalue weighted by Gasteiger charge is -2.21. The van der Waals surface area contributed by atoms with Gasteiger partial charge in [-0.05, 0) is 35.9 Å². The second kappa shape index (κ2) is 9.25. The van der Waals surface area contributed by atoms with Gasteiger partial charge in [0.1, 0.15) is 5.69 Å². The Morgan fingerprint density at radius 2 is 1.69 bits per heavy atom. The van der Waals surface area contributed by atoms with Crippen molar-refractivity contribution < 1.29 is 9.72 Å². The van der Waals surface area contributed by atoms with Crippen LogP contribution in [0, 0.1) is 17.0 Å². The Labute approximate surface area is 191 Å². The largest absolute Gasteiger partial charge is 0.327 e. The highest BCUT2D eigenvalue weighted by Gasteiger charge is 2.24. The van der Waals surface area contributed by atoms with Crippen molar-refractivity contribution in [1.29, 1.82) is 0 Å². The zero-order valence-corrected chi connectivity index (χ0v) is 18.6. The van der Waals surface area contributed by atoms with Crippen molar-refractivity contribution in [2.75, 3.05) is 0 Å². The number of carbonyl (C=O) groups excluding carboxylic acids is 1. The van der Waals surface area contributed by atoms with E-state index in [9.17, 15) is 19.7 Å². The molecule has 1 aromatic carbocycles. The van der Waals surface area contributed by atoms with Gasteiger partial charge in [0.25, 0.3) is 11.6 Å². The Balaban J connectivity index is 1.77. The summed E-state index contributed by atoms with van der Waals surface area (Å²) in [5, 5.41) is 19.6. The van der Waals surface area contributed by atoms with Gasteiger partial charge in [-0.25, -0.2) is 4.68 Å². The van der Waals surface area contributed by atoms with Crippen molar-refractivity contribution in [1.82, 2.24) is 14.7 Å². The third-order valence-corrected chi connectivity index (χ3v) is 6.48. The number of aromatic nitrogens is 2. The second-order valence-electron chi connectivity index (χ2n) is 6.98. The molecule has 162 valence electrons. The van der Waals surface area contributed by atoms with Gasteiger partial charge in [0.15, 0.2) is 5.69 Å². The second-order valence-corrected chi connectivity index (χ2v) is 9.04. The number of thiophene rings is 2. The van der Waals surface area contributed by atoms with Crippen molar-refractivity contribution in [3.8, 4) is 5.69 Å². The van der Waals surface area contributed by atoms with Crippen molar-refractivity contribution in [2.45, 2.75) is 20.0 Å². The number of hydrogen-bond donors (Lipinski definition) is 0. The van der Waals surface area contributed by atoms with E-state index in [1.54, 1.807) is 24.0 Å². The fraction of sp³-hybridized carbons (Fsp3) is 0.136. The summed E-state index contributed by atoms with van der Waals surface area (Å²) in [6, 6.07) is 15.0. The van der Waals surface area contributed by atoms with Crippen LogP contribution in [0.25, 0.3) is 5.69 Å². The van der Waals surface area contributed by atoms with E-state index in [2.05, 4.69) is 5.10 Å². The minimum Gasteiger partial charge on any atom is -0.327 e. The van der Waals surface area contributed by atoms with Gasteiger partial charge in [0, 0.05) is 27.6 Å². The number of amides is 1. The third-order valence-electron chi connectivity index (χ3n) is 4.76. The molecule has 0 aliphatic carbocycles. The molecule has 0 atom stereocenters. The molecule has 0 aliphatic rings. The zero-order valence-electron chi connectivity index (χ0n) is 17.0. The monoisotopic (exact) mass is 466 g/mol. The van der Waals surface area contributed by atoms with Crippen LogP contribution in [-0.2, 0) is 13.1 Å². The van der Waals surface area contributed by atoms with Crippen LogP contribution < -0.4 is 5.43 Å². The molecular formula is C22H18N4O4S2. The summed E-state index contributed by atoms with van der Waals surface area (Å²) < 4.78 is 1.28. The summed E-state index contributed by atoms with van der Waals surface area (Å²) in [7, 11) is 0. The lowest BCUT2D eigenvalue weighted by atomic mass is 10.2. The molecule has 0 N–H and O–H groups in total. The molecule has 0 unspecified atom stereocenters. The number of benzene rings is 1. The molecule has 0 aliphatic heterocycles. The van der Waals surface area contributed by atoms with Gasteiger partial charge >= 0.3 is 0 Å². The van der Waals surface area contributed by atoms with Gasteiger partial charge in [0.2, 0.25) is 5.43 Å². The minimum absolute atomic E-state index is 0.167. The zero-order chi connectivity index (χ0) is 22.7. The van der Waals surface area contributed by atoms with Gasteiger partial charge in [-0.2, -0.15) is 5.10 Å². The van der Waals surface area contributed by atoms with Crippen molar-refractivity contribution in [2.24, 2.45) is 0 Å². The molecule has 3 heterocycles. The van der Waals surface area contributed by atoms with E-state index in [1.807, 2.05) is 35.0 Å². The maximum absolute atomic E-state index is 13.5. The van der Waals surface area contributed by atoms with Crippen LogP contribution in [-0.4, -0.2) is 25.5 Å². The first-order valence-corrected chi connectivity index (χ1v) is 11.4. The molecule has 0 spiro atoms. The topological polar surface area (TPSA) is 98.3 Å². The molecule has 8 nitrogen and oxygen atoms in total. The Kier molecular flexibility index (Phi) is 6.24. The molecule has 4 aromatic rings. The van der Waals surface area contributed by atoms with Crippen molar-refractivity contribution >= 4 is 34.3 Å². The van der Waals surface area contributed by atoms with Gasteiger partial charge in [-0.3, -0.25) is 19.7 Å². The van der Waals surface area contributed by atoms with Gasteiger partial charge in [-0.15, -0.1) is 22.7 Å². The van der Waals surface area contributed by atoms with E-state index in [0.717, 1.165) is 9.75 Å². The van der Waals surface area contributed by atoms with Crippen LogP contribution in [0.5, 0.6) is 0 Å². The maximum Gasteiger partial charge on any atom is 0.294 e. The quantitative estimate of drug-likeness (QED) is 0.297. The van der Waals surface area contributed by atoms with Crippen LogP contribution in [0.1, 0.15) is 25.9 Å². The molecular weight excluding hydrogens is 448 g/mol. The first kappa shape index (κ1) is 21.6. The highest BCUT2D eigenvalue weighted by molar-refractivity contribution is 7.10. The van der Waals surface area contributed by atoms with E-state index in [4.69, 9.17) is 0 Å². The average molecular weight is 467 g/mol. The van der Waals surface area contributed by atoms with Gasteiger partial charge < -0.3 is 4.90 Å². The molecule has 0 bridgehead atoms. The minimum atomic E-state index is -0.524. The number of nitrogens with zero attached hydrogens (tertiary/aromatic N) is 4. The number of para-hydroxylation sites is 2. The third kappa shape index (κ3) is 4.51. The lowest BCUT2D eigenvalue weighted by Crippen LogP contribution is -2.35. The van der Waals surface area contributed by atoms with Crippen molar-refractivity contribution in [3.63, 3.8) is 0 Å². The fourth-order valence-corrected chi connectivity index (χ4v) is 4.71. The molecule has 0 fully saturated rings. The Hall–Kier alpha value is -3.63. The predicted molar refractivity (Wildman–Crippen MR) is 123 cm³/mol. The number of rotatable bonds is 7. The van der Waals surface area contributed by atoms with Crippen LogP contribution in [0.15, 0.2) is 70.2 Å². The number of nitro benzene ring substituents is 1. The highest BCUT2D eigenvalue weighted by Crippen LogP contribution is 2.23. The summed E-state index contributed by atoms with van der Waals surface area (Å²) >= 11 is 3.04. The molecule has 0 radical (unpaired) electrons. The van der Waals surface area contributed by atoms with Crippen LogP contribution in [0.4, 0.5) is 5.69 Å². The predicted octanol–water partition coefficient (Wildman–Crippen LogP) is 4.41. The Morgan fingerprint density at radius 3 is 2.25 bits per heavy atom. The fourth-order valence-electron chi connectivity index (χ4n) is 3.27. The number of carbonyl (C=O) groups is 1. The molecule has 3 aromatic heterocycles. The van der Waals surface area contributed by atoms with Crippen molar-refractivity contribution in [3.05, 3.63) is 107 Å². The summed E-state index contributed by atoms with van der Waals surface area (Å²) in [6.07, 6.45) is 0. The summed E-state index contributed by atoms with van der Waals surface area (Å²) in [4.78, 5) is 40.7. The molecule has 1 amide bonds. The molecule has 0 saturated heterocycles. The van der Waals surface area contributed by atoms with E-state index in [1.165, 1.54) is 45.6 Å². The highest BCUT2D eigenvalue weighted by atomic mass is 32.1. The molecule has 10 heteroatoms. The number of aryl methyl sites for hydroxylation is 1. The molecule has 0 saturated carbocycles. The normalized spacial score (nSPS) is 10.8. The summed E-state index contributed by atoms with van der Waals surface area (Å²) in [6.45, 7) is 2.28. The first-order chi connectivity index (χ1) is 15.4. The van der Waals surface area contributed by atoms with Crippen LogP contribution in [0.3, 0.4) is 0 Å². The van der Waals surface area contributed by atoms with E-state index >= 15 is 0 Å². The number of hydrogen-bond acceptors (Lipinski definition) is 7. The van der Waals surface area contributed by atoms with Crippen LogP contribution >= 0.6 is 22.7 Å². The van der Waals surface area contributed by atoms with Crippen LogP contribution in [0.2, 0.25) is 0 Å². The van der Waals surface area contributed by atoms with E-state index in [0.29, 0.717) is 18.8 Å². The molecule has 32 heavy (non-hydrogen) atoms. The van der Waals surface area contributed by atoms with E-state index in [-0.39, 0.29) is 17.1 Å². The van der Waals surface area contributed by atoms with Gasteiger partial charge in [-0.1, -0.05) is 24.3 Å². The van der Waals surface area contributed by atoms with E-state index < -0.39 is 16.3 Å². The lowest BCUT2D eigenvalue weighted by molar-refractivity contribution is -0.384. The summed E-state index contributed by atoms with van der Waals surface area (Å²) in [5.74, 6) is -0.524. The smallest absolute Gasteiger partial charge is 0.294 e. The summed E-state index contributed by atoms with van der Waals surface area (Å²) in [5.41, 5.74) is -0.387. The number of nitro groups is 1. The maximum atomic E-state index is 13.5. The first-order valence-electron chi connectivity index (χ1n) is 9.63. The SMILES string of the molecule is Cc1cc(=O)c(C(=O)N(Cc2cccs2)Cc2cccs2)nn1-c1ccccc1[N+](=O)[O-]. The Morgan fingerprint density at radius 1 is 1.06 bits per heavy atom.